The third-order valence-corrected chi connectivity index (χ3v) is 3.18. The quantitative estimate of drug-likeness (QED) is 0.833. The molecule has 0 aromatic heterocycles. The molecule has 0 saturated carbocycles. The van der Waals surface area contributed by atoms with Gasteiger partial charge in [0.1, 0.15) is 5.75 Å². The highest BCUT2D eigenvalue weighted by Crippen LogP contribution is 2.18. The zero-order chi connectivity index (χ0) is 15.1. The average Bonchev–Trinajstić information content (AvgIpc) is 2.44. The second kappa shape index (κ2) is 7.90. The van der Waals surface area contributed by atoms with Gasteiger partial charge in [0.25, 0.3) is 5.91 Å². The Hall–Kier alpha value is -1.55. The van der Waals surface area contributed by atoms with Gasteiger partial charge in [-0.25, -0.2) is 0 Å². The molecule has 0 aliphatic heterocycles. The first kappa shape index (κ1) is 16.5. The van der Waals surface area contributed by atoms with Crippen LogP contribution in [-0.4, -0.2) is 37.6 Å². The molecule has 1 aromatic carbocycles. The first-order valence-corrected chi connectivity index (χ1v) is 7.16. The van der Waals surface area contributed by atoms with Crippen LogP contribution in [0.4, 0.5) is 0 Å². The third-order valence-electron chi connectivity index (χ3n) is 3.18. The summed E-state index contributed by atoms with van der Waals surface area (Å²) in [6, 6.07) is 8.23. The molecular weight excluding hydrogens is 252 g/mol. The summed E-state index contributed by atoms with van der Waals surface area (Å²) in [5, 5.41) is 3.44. The van der Waals surface area contributed by atoms with E-state index in [0.717, 1.165) is 18.7 Å². The Morgan fingerprint density at radius 2 is 1.85 bits per heavy atom. The maximum absolute atomic E-state index is 11.7. The summed E-state index contributed by atoms with van der Waals surface area (Å²) in [6.07, 6.45) is 0.655. The lowest BCUT2D eigenvalue weighted by atomic mass is 10.1. The number of nitrogens with one attached hydrogen (secondary N) is 1. The monoisotopic (exact) mass is 278 g/mol. The molecule has 0 aliphatic carbocycles. The maximum atomic E-state index is 11.7. The normalized spacial score (nSPS) is 13.7. The molecule has 1 amide bonds. The number of amides is 1. The summed E-state index contributed by atoms with van der Waals surface area (Å²) in [4.78, 5) is 13.3. The molecule has 1 N–H and O–H groups in total. The van der Waals surface area contributed by atoms with Crippen LogP contribution in [0.25, 0.3) is 0 Å². The van der Waals surface area contributed by atoms with Gasteiger partial charge in [-0.3, -0.25) is 4.79 Å². The van der Waals surface area contributed by atoms with Gasteiger partial charge in [0.15, 0.2) is 6.10 Å². The SMILES string of the molecule is CCCNC(C)c1ccc(OC(C)C(=O)N(C)C)cc1. The van der Waals surface area contributed by atoms with Gasteiger partial charge in [-0.2, -0.15) is 0 Å². The summed E-state index contributed by atoms with van der Waals surface area (Å²) in [7, 11) is 3.46. The van der Waals surface area contributed by atoms with E-state index >= 15 is 0 Å². The summed E-state index contributed by atoms with van der Waals surface area (Å²) >= 11 is 0. The van der Waals surface area contributed by atoms with Crippen LogP contribution in [0.3, 0.4) is 0 Å². The highest BCUT2D eigenvalue weighted by molar-refractivity contribution is 5.80. The highest BCUT2D eigenvalue weighted by Gasteiger charge is 2.16. The zero-order valence-corrected chi connectivity index (χ0v) is 13.1. The fourth-order valence-electron chi connectivity index (χ4n) is 1.93. The van der Waals surface area contributed by atoms with Crippen LogP contribution in [-0.2, 0) is 4.79 Å². The molecule has 0 heterocycles. The fourth-order valence-corrected chi connectivity index (χ4v) is 1.93. The summed E-state index contributed by atoms with van der Waals surface area (Å²) < 4.78 is 5.64. The van der Waals surface area contributed by atoms with E-state index in [-0.39, 0.29) is 5.91 Å². The van der Waals surface area contributed by atoms with E-state index in [1.165, 1.54) is 10.5 Å². The molecule has 0 spiro atoms. The van der Waals surface area contributed by atoms with E-state index in [1.54, 1.807) is 21.0 Å². The van der Waals surface area contributed by atoms with Crippen molar-refractivity contribution in [3.05, 3.63) is 29.8 Å². The van der Waals surface area contributed by atoms with Gasteiger partial charge in [0.05, 0.1) is 0 Å². The van der Waals surface area contributed by atoms with Crippen molar-refractivity contribution in [1.29, 1.82) is 0 Å². The molecule has 4 heteroatoms. The number of carbonyl (C=O) groups excluding carboxylic acids is 1. The number of ether oxygens (including phenoxy) is 1. The van der Waals surface area contributed by atoms with Crippen molar-refractivity contribution in [2.24, 2.45) is 0 Å². The minimum atomic E-state index is -0.466. The first-order valence-electron chi connectivity index (χ1n) is 7.16. The van der Waals surface area contributed by atoms with Crippen molar-refractivity contribution in [2.75, 3.05) is 20.6 Å². The smallest absolute Gasteiger partial charge is 0.262 e. The van der Waals surface area contributed by atoms with Crippen molar-refractivity contribution < 1.29 is 9.53 Å². The van der Waals surface area contributed by atoms with Gasteiger partial charge in [-0.1, -0.05) is 19.1 Å². The van der Waals surface area contributed by atoms with E-state index in [9.17, 15) is 4.79 Å². The third kappa shape index (κ3) is 4.85. The Morgan fingerprint density at radius 1 is 1.25 bits per heavy atom. The van der Waals surface area contributed by atoms with Crippen LogP contribution in [0.15, 0.2) is 24.3 Å². The fraction of sp³-hybridized carbons (Fsp3) is 0.562. The molecule has 4 nitrogen and oxygen atoms in total. The number of benzene rings is 1. The Balaban J connectivity index is 2.60. The molecule has 0 bridgehead atoms. The lowest BCUT2D eigenvalue weighted by Gasteiger charge is -2.19. The lowest BCUT2D eigenvalue weighted by molar-refractivity contribution is -0.135. The number of carbonyl (C=O) groups is 1. The summed E-state index contributed by atoms with van der Waals surface area (Å²) in [5.74, 6) is 0.686. The lowest BCUT2D eigenvalue weighted by Crippen LogP contribution is -2.35. The molecular formula is C16H26N2O2. The summed E-state index contributed by atoms with van der Waals surface area (Å²) in [6.45, 7) is 7.07. The van der Waals surface area contributed by atoms with Gasteiger partial charge >= 0.3 is 0 Å². The van der Waals surface area contributed by atoms with Crippen LogP contribution in [0.1, 0.15) is 38.8 Å². The van der Waals surface area contributed by atoms with Crippen molar-refractivity contribution in [3.8, 4) is 5.75 Å². The number of hydrogen-bond acceptors (Lipinski definition) is 3. The molecule has 0 saturated heterocycles. The predicted octanol–water partition coefficient (Wildman–Crippen LogP) is 2.60. The Kier molecular flexibility index (Phi) is 6.52. The maximum Gasteiger partial charge on any atom is 0.262 e. The minimum Gasteiger partial charge on any atom is -0.481 e. The van der Waals surface area contributed by atoms with Gasteiger partial charge in [-0.15, -0.1) is 0 Å². The Labute approximate surface area is 122 Å². The predicted molar refractivity (Wildman–Crippen MR) is 81.9 cm³/mol. The van der Waals surface area contributed by atoms with Crippen LogP contribution >= 0.6 is 0 Å². The van der Waals surface area contributed by atoms with Crippen LogP contribution < -0.4 is 10.1 Å². The first-order chi connectivity index (χ1) is 9.45. The number of likely N-dealkylation sites (N-methyl/N-ethyl adjacent to an activating group) is 1. The molecule has 20 heavy (non-hydrogen) atoms. The molecule has 2 atom stereocenters. The Bertz CT molecular complexity index is 415. The minimum absolute atomic E-state index is 0.0351. The Morgan fingerprint density at radius 3 is 2.35 bits per heavy atom. The summed E-state index contributed by atoms with van der Waals surface area (Å²) in [5.41, 5.74) is 1.22. The van der Waals surface area contributed by atoms with Crippen molar-refractivity contribution in [1.82, 2.24) is 10.2 Å². The molecule has 1 rings (SSSR count). The largest absolute Gasteiger partial charge is 0.481 e. The van der Waals surface area contributed by atoms with E-state index in [1.807, 2.05) is 24.3 Å². The molecule has 1 aromatic rings. The van der Waals surface area contributed by atoms with Crippen molar-refractivity contribution in [2.45, 2.75) is 39.3 Å². The van der Waals surface area contributed by atoms with Gasteiger partial charge in [0, 0.05) is 20.1 Å². The standard InChI is InChI=1S/C16H26N2O2/c1-6-11-17-12(2)14-7-9-15(10-8-14)20-13(3)16(19)18(4)5/h7-10,12-13,17H,6,11H2,1-5H3. The molecule has 2 unspecified atom stereocenters. The van der Waals surface area contributed by atoms with Crippen LogP contribution in [0, 0.1) is 0 Å². The van der Waals surface area contributed by atoms with Crippen molar-refractivity contribution >= 4 is 5.91 Å². The second-order valence-electron chi connectivity index (χ2n) is 5.24. The van der Waals surface area contributed by atoms with Gasteiger partial charge in [0.2, 0.25) is 0 Å². The van der Waals surface area contributed by atoms with E-state index in [2.05, 4.69) is 19.2 Å². The number of hydrogen-bond donors (Lipinski definition) is 1. The zero-order valence-electron chi connectivity index (χ0n) is 13.1. The number of rotatable bonds is 7. The average molecular weight is 278 g/mol. The van der Waals surface area contributed by atoms with E-state index < -0.39 is 6.10 Å². The molecule has 0 radical (unpaired) electrons. The molecule has 0 fully saturated rings. The van der Waals surface area contributed by atoms with Gasteiger partial charge in [-0.05, 0) is 44.5 Å². The van der Waals surface area contributed by atoms with Crippen LogP contribution in [0.5, 0.6) is 5.75 Å². The molecule has 112 valence electrons. The topological polar surface area (TPSA) is 41.6 Å². The highest BCUT2D eigenvalue weighted by atomic mass is 16.5. The van der Waals surface area contributed by atoms with E-state index in [4.69, 9.17) is 4.74 Å². The van der Waals surface area contributed by atoms with Crippen LogP contribution in [0.2, 0.25) is 0 Å². The van der Waals surface area contributed by atoms with E-state index in [0.29, 0.717) is 6.04 Å². The number of nitrogens with zero attached hydrogens (tertiary/aromatic N) is 1. The van der Waals surface area contributed by atoms with Gasteiger partial charge < -0.3 is 15.0 Å². The molecule has 0 aliphatic rings. The second-order valence-corrected chi connectivity index (χ2v) is 5.24. The van der Waals surface area contributed by atoms with Crippen molar-refractivity contribution in [3.63, 3.8) is 0 Å².